The van der Waals surface area contributed by atoms with Crippen molar-refractivity contribution in [2.24, 2.45) is 0 Å². The minimum atomic E-state index is -4.46. The number of carbonyl (C=O) groups excluding carboxylic acids is 2. The lowest BCUT2D eigenvalue weighted by Crippen LogP contribution is -2.61. The first-order valence-electron chi connectivity index (χ1n) is 10.2. The number of nitrogens with zero attached hydrogens (tertiary/aromatic N) is 1. The van der Waals surface area contributed by atoms with Gasteiger partial charge in [0, 0.05) is 11.8 Å². The number of urea groups is 1. The highest BCUT2D eigenvalue weighted by Gasteiger charge is 2.57. The van der Waals surface area contributed by atoms with Crippen molar-refractivity contribution in [3.8, 4) is 11.1 Å². The summed E-state index contributed by atoms with van der Waals surface area (Å²) in [4.78, 5) is 25.9. The van der Waals surface area contributed by atoms with Crippen molar-refractivity contribution in [1.29, 1.82) is 0 Å². The number of halogens is 3. The first kappa shape index (κ1) is 23.7. The smallest absolute Gasteiger partial charge is 0.368 e. The molecule has 0 saturated carbocycles. The van der Waals surface area contributed by atoms with Gasteiger partial charge in [-0.15, -0.1) is 0 Å². The summed E-state index contributed by atoms with van der Waals surface area (Å²) in [6.07, 6.45) is -2.86. The van der Waals surface area contributed by atoms with Crippen LogP contribution in [0.5, 0.6) is 0 Å². The lowest BCUT2D eigenvalue weighted by molar-refractivity contribution is -0.137. The molecule has 7 nitrogen and oxygen atoms in total. The fourth-order valence-corrected chi connectivity index (χ4v) is 5.02. The van der Waals surface area contributed by atoms with E-state index >= 15 is 0 Å². The number of rotatable bonds is 5. The highest BCUT2D eigenvalue weighted by Crippen LogP contribution is 2.39. The molecule has 1 fully saturated rings. The van der Waals surface area contributed by atoms with Gasteiger partial charge in [-0.3, -0.25) is 4.79 Å². The largest absolute Gasteiger partial charge is 0.416 e. The Morgan fingerprint density at radius 2 is 1.82 bits per heavy atom. The number of benzene rings is 2. The Kier molecular flexibility index (Phi) is 5.86. The first-order valence-corrected chi connectivity index (χ1v) is 11.0. The normalized spacial score (nSPS) is 22.2. The maximum absolute atomic E-state index is 13.2. The molecule has 2 aromatic carbocycles. The molecular weight excluding hydrogens is 469 g/mol. The number of alkyl halides is 3. The predicted octanol–water partition coefficient (Wildman–Crippen LogP) is 3.78. The molecular formula is C23H21F3N4O3S. The molecule has 2 unspecified atom stereocenters. The lowest BCUT2D eigenvalue weighted by Gasteiger charge is -2.37. The van der Waals surface area contributed by atoms with Gasteiger partial charge in [-0.05, 0) is 60.3 Å². The SMILES string of the molecule is Cc1cnsc1C1(CNC(=O)c2ccccc2-c2ccc(C(F)(F)F)cc2)NC(=O)NC1(C)O. The van der Waals surface area contributed by atoms with E-state index in [-0.39, 0.29) is 12.1 Å². The summed E-state index contributed by atoms with van der Waals surface area (Å²) in [7, 11) is 0. The Bertz CT molecular complexity index is 1240. The molecule has 2 atom stereocenters. The monoisotopic (exact) mass is 490 g/mol. The van der Waals surface area contributed by atoms with Crippen LogP contribution in [-0.4, -0.2) is 33.7 Å². The zero-order valence-corrected chi connectivity index (χ0v) is 19.0. The molecule has 1 saturated heterocycles. The van der Waals surface area contributed by atoms with Crippen LogP contribution in [0.2, 0.25) is 0 Å². The number of amides is 3. The number of aryl methyl sites for hydroxylation is 1. The third kappa shape index (κ3) is 4.12. The average molecular weight is 491 g/mol. The Labute approximate surface area is 197 Å². The number of hydrogen-bond acceptors (Lipinski definition) is 5. The molecule has 1 aliphatic heterocycles. The van der Waals surface area contributed by atoms with E-state index in [1.807, 2.05) is 0 Å². The van der Waals surface area contributed by atoms with Crippen LogP contribution in [-0.2, 0) is 11.7 Å². The summed E-state index contributed by atoms with van der Waals surface area (Å²) in [6.45, 7) is 3.04. The summed E-state index contributed by atoms with van der Waals surface area (Å²) in [5.74, 6) is -0.519. The molecule has 0 aliphatic carbocycles. The summed E-state index contributed by atoms with van der Waals surface area (Å²) < 4.78 is 42.9. The van der Waals surface area contributed by atoms with Crippen LogP contribution < -0.4 is 16.0 Å². The van der Waals surface area contributed by atoms with Crippen LogP contribution in [0.25, 0.3) is 11.1 Å². The summed E-state index contributed by atoms with van der Waals surface area (Å²) in [6, 6.07) is 10.4. The van der Waals surface area contributed by atoms with E-state index in [1.54, 1.807) is 37.4 Å². The maximum Gasteiger partial charge on any atom is 0.416 e. The van der Waals surface area contributed by atoms with Crippen molar-refractivity contribution in [1.82, 2.24) is 20.3 Å². The highest BCUT2D eigenvalue weighted by molar-refractivity contribution is 7.06. The summed E-state index contributed by atoms with van der Waals surface area (Å²) in [5, 5.41) is 19.0. The van der Waals surface area contributed by atoms with Gasteiger partial charge >= 0.3 is 12.2 Å². The fraction of sp³-hybridized carbons (Fsp3) is 0.261. The van der Waals surface area contributed by atoms with Crippen LogP contribution >= 0.6 is 11.5 Å². The van der Waals surface area contributed by atoms with Crippen LogP contribution in [0.4, 0.5) is 18.0 Å². The van der Waals surface area contributed by atoms with E-state index in [0.29, 0.717) is 16.0 Å². The Morgan fingerprint density at radius 3 is 2.38 bits per heavy atom. The van der Waals surface area contributed by atoms with Crippen molar-refractivity contribution in [3.63, 3.8) is 0 Å². The van der Waals surface area contributed by atoms with Gasteiger partial charge in [-0.2, -0.15) is 13.2 Å². The highest BCUT2D eigenvalue weighted by atomic mass is 32.1. The van der Waals surface area contributed by atoms with Gasteiger partial charge < -0.3 is 21.1 Å². The Balaban J connectivity index is 1.64. The molecule has 3 amide bonds. The number of hydrogen-bond donors (Lipinski definition) is 4. The second-order valence-corrected chi connectivity index (χ2v) is 9.00. The predicted molar refractivity (Wildman–Crippen MR) is 120 cm³/mol. The van der Waals surface area contributed by atoms with Crippen LogP contribution in [0.15, 0.2) is 54.7 Å². The van der Waals surface area contributed by atoms with E-state index in [2.05, 4.69) is 20.3 Å². The number of nitrogens with one attached hydrogen (secondary N) is 3. The molecule has 0 spiro atoms. The molecule has 3 aromatic rings. The van der Waals surface area contributed by atoms with Gasteiger partial charge in [0.15, 0.2) is 5.72 Å². The van der Waals surface area contributed by atoms with Crippen LogP contribution in [0.1, 0.15) is 33.3 Å². The second kappa shape index (κ2) is 8.41. The molecule has 34 heavy (non-hydrogen) atoms. The quantitative estimate of drug-likeness (QED) is 0.437. The standard InChI is InChI=1S/C23H21F3N4O3S/c1-13-11-28-34-18(13)22(21(2,33)29-20(32)30-22)12-27-19(31)17-6-4-3-5-16(17)14-7-9-15(10-8-14)23(24,25)26/h3-11,33H,12H2,1-2H3,(H,27,31)(H2,29,30,32). The Morgan fingerprint density at radius 1 is 1.15 bits per heavy atom. The minimum Gasteiger partial charge on any atom is -0.368 e. The summed E-state index contributed by atoms with van der Waals surface area (Å²) >= 11 is 1.09. The third-order valence-electron chi connectivity index (χ3n) is 5.86. The number of carbonyl (C=O) groups is 2. The van der Waals surface area contributed by atoms with Gasteiger partial charge in [-0.1, -0.05) is 30.3 Å². The van der Waals surface area contributed by atoms with Gasteiger partial charge in [0.05, 0.1) is 17.0 Å². The van der Waals surface area contributed by atoms with E-state index in [9.17, 15) is 27.9 Å². The second-order valence-electron chi connectivity index (χ2n) is 8.20. The summed E-state index contributed by atoms with van der Waals surface area (Å²) in [5.41, 5.74) is -2.06. The van der Waals surface area contributed by atoms with Crippen molar-refractivity contribution in [2.45, 2.75) is 31.3 Å². The fourth-order valence-electron chi connectivity index (χ4n) is 4.03. The van der Waals surface area contributed by atoms with Gasteiger partial charge in [0.25, 0.3) is 5.91 Å². The van der Waals surface area contributed by atoms with Crippen molar-refractivity contribution >= 4 is 23.5 Å². The molecule has 1 aromatic heterocycles. The maximum atomic E-state index is 13.2. The molecule has 0 radical (unpaired) electrons. The molecule has 11 heteroatoms. The number of aliphatic hydroxyl groups is 1. The molecule has 2 heterocycles. The Hall–Kier alpha value is -3.44. The number of aromatic nitrogens is 1. The average Bonchev–Trinajstić information content (AvgIpc) is 3.31. The van der Waals surface area contributed by atoms with Crippen LogP contribution in [0, 0.1) is 6.92 Å². The van der Waals surface area contributed by atoms with Gasteiger partial charge in [-0.25, -0.2) is 9.17 Å². The molecule has 4 rings (SSSR count). The van der Waals surface area contributed by atoms with E-state index in [0.717, 1.165) is 29.2 Å². The molecule has 4 N–H and O–H groups in total. The van der Waals surface area contributed by atoms with Gasteiger partial charge in [0.2, 0.25) is 0 Å². The molecule has 1 aliphatic rings. The third-order valence-corrected chi connectivity index (χ3v) is 6.92. The molecule has 0 bridgehead atoms. The molecule has 178 valence electrons. The van der Waals surface area contributed by atoms with Crippen LogP contribution in [0.3, 0.4) is 0 Å². The van der Waals surface area contributed by atoms with Crippen molar-refractivity contribution < 1.29 is 27.9 Å². The van der Waals surface area contributed by atoms with E-state index < -0.39 is 34.9 Å². The van der Waals surface area contributed by atoms with E-state index in [4.69, 9.17) is 0 Å². The topological polar surface area (TPSA) is 103 Å². The van der Waals surface area contributed by atoms with Crippen molar-refractivity contribution in [2.75, 3.05) is 6.54 Å². The minimum absolute atomic E-state index is 0.165. The van der Waals surface area contributed by atoms with E-state index in [1.165, 1.54) is 19.1 Å². The van der Waals surface area contributed by atoms with Gasteiger partial charge in [0.1, 0.15) is 5.54 Å². The zero-order valence-electron chi connectivity index (χ0n) is 18.2. The lowest BCUT2D eigenvalue weighted by atomic mass is 9.85. The zero-order chi connectivity index (χ0) is 24.7. The first-order chi connectivity index (χ1) is 15.9. The van der Waals surface area contributed by atoms with Crippen molar-refractivity contribution in [3.05, 3.63) is 76.3 Å².